The molecule has 2 rings (SSSR count). The number of β-amino-alcohol motifs (C(OH)–C–C–N with tert-alkyl or cyclic N) is 1. The van der Waals surface area contributed by atoms with Crippen LogP contribution in [-0.4, -0.2) is 37.4 Å². The molecule has 1 aliphatic heterocycles. The molecule has 5 nitrogen and oxygen atoms in total. The Bertz CT molecular complexity index is 434. The number of aliphatic hydroxyl groups excluding tert-OH is 1. The van der Waals surface area contributed by atoms with Gasteiger partial charge in [0.15, 0.2) is 0 Å². The summed E-state index contributed by atoms with van der Waals surface area (Å²) in [4.78, 5) is 13.6. The van der Waals surface area contributed by atoms with Crippen molar-refractivity contribution in [2.45, 2.75) is 12.5 Å². The van der Waals surface area contributed by atoms with Crippen LogP contribution in [0.3, 0.4) is 0 Å². The summed E-state index contributed by atoms with van der Waals surface area (Å²) >= 11 is 0. The molecule has 1 saturated heterocycles. The average Bonchev–Trinajstić information content (AvgIpc) is 2.74. The zero-order chi connectivity index (χ0) is 12.4. The lowest BCUT2D eigenvalue weighted by Crippen LogP contribution is -2.23. The lowest BCUT2D eigenvalue weighted by atomic mass is 10.1. The van der Waals surface area contributed by atoms with Gasteiger partial charge in [-0.3, -0.25) is 0 Å². The first-order valence-corrected chi connectivity index (χ1v) is 5.52. The highest BCUT2D eigenvalue weighted by Gasteiger charge is 2.24. The largest absolute Gasteiger partial charge is 0.465 e. The second kappa shape index (κ2) is 4.63. The van der Waals surface area contributed by atoms with Crippen molar-refractivity contribution in [2.75, 3.05) is 30.8 Å². The van der Waals surface area contributed by atoms with Gasteiger partial charge in [0.2, 0.25) is 0 Å². The average molecular weight is 236 g/mol. The summed E-state index contributed by atoms with van der Waals surface area (Å²) in [7, 11) is 1.34. The number of benzene rings is 1. The normalized spacial score (nSPS) is 19.4. The number of carbonyl (C=O) groups excluding carboxylic acids is 1. The summed E-state index contributed by atoms with van der Waals surface area (Å²) in [6, 6.07) is 5.14. The Kier molecular flexibility index (Phi) is 3.19. The van der Waals surface area contributed by atoms with Crippen LogP contribution in [0, 0.1) is 0 Å². The van der Waals surface area contributed by atoms with E-state index >= 15 is 0 Å². The Morgan fingerprint density at radius 1 is 1.59 bits per heavy atom. The lowest BCUT2D eigenvalue weighted by Gasteiger charge is -2.20. The van der Waals surface area contributed by atoms with Crippen LogP contribution in [0.4, 0.5) is 11.4 Å². The van der Waals surface area contributed by atoms with E-state index in [1.807, 2.05) is 4.90 Å². The third kappa shape index (κ3) is 2.34. The standard InChI is InChI=1S/C12H16N2O3/c1-17-12(16)10-6-8(13)2-3-11(10)14-5-4-9(15)7-14/h2-3,6,9,15H,4-5,7,13H2,1H3. The van der Waals surface area contributed by atoms with Crippen LogP contribution in [0.2, 0.25) is 0 Å². The number of esters is 1. The Morgan fingerprint density at radius 2 is 2.35 bits per heavy atom. The summed E-state index contributed by atoms with van der Waals surface area (Å²) in [5.41, 5.74) is 7.40. The maximum Gasteiger partial charge on any atom is 0.340 e. The number of hydrogen-bond donors (Lipinski definition) is 2. The fraction of sp³-hybridized carbons (Fsp3) is 0.417. The molecule has 0 bridgehead atoms. The first-order chi connectivity index (χ1) is 8.11. The van der Waals surface area contributed by atoms with E-state index < -0.39 is 5.97 Å². The number of nitrogens with zero attached hydrogens (tertiary/aromatic N) is 1. The third-order valence-electron chi connectivity index (χ3n) is 2.93. The first kappa shape index (κ1) is 11.7. The van der Waals surface area contributed by atoms with Crippen molar-refractivity contribution in [2.24, 2.45) is 0 Å². The summed E-state index contributed by atoms with van der Waals surface area (Å²) in [6.45, 7) is 1.27. The minimum Gasteiger partial charge on any atom is -0.465 e. The maximum atomic E-state index is 11.7. The van der Waals surface area contributed by atoms with Gasteiger partial charge in [-0.1, -0.05) is 0 Å². The van der Waals surface area contributed by atoms with Crippen LogP contribution < -0.4 is 10.6 Å². The molecule has 17 heavy (non-hydrogen) atoms. The summed E-state index contributed by atoms with van der Waals surface area (Å²) < 4.78 is 4.73. The third-order valence-corrected chi connectivity index (χ3v) is 2.93. The van der Waals surface area contributed by atoms with Crippen LogP contribution in [0.25, 0.3) is 0 Å². The number of ether oxygens (including phenoxy) is 1. The number of hydrogen-bond acceptors (Lipinski definition) is 5. The molecule has 3 N–H and O–H groups in total. The molecule has 1 aromatic rings. The smallest absolute Gasteiger partial charge is 0.340 e. The molecule has 0 saturated carbocycles. The van der Waals surface area contributed by atoms with E-state index in [0.29, 0.717) is 24.2 Å². The van der Waals surface area contributed by atoms with Gasteiger partial charge in [-0.05, 0) is 24.6 Å². The highest BCUT2D eigenvalue weighted by Crippen LogP contribution is 2.27. The van der Waals surface area contributed by atoms with Gasteiger partial charge in [0.1, 0.15) is 0 Å². The van der Waals surface area contributed by atoms with Crippen LogP contribution >= 0.6 is 0 Å². The quantitative estimate of drug-likeness (QED) is 0.581. The highest BCUT2D eigenvalue weighted by molar-refractivity contribution is 5.97. The summed E-state index contributed by atoms with van der Waals surface area (Å²) in [5.74, 6) is -0.409. The van der Waals surface area contributed by atoms with E-state index in [1.165, 1.54) is 7.11 Å². The molecule has 0 spiro atoms. The predicted octanol–water partition coefficient (Wildman–Crippen LogP) is 0.626. The monoisotopic (exact) mass is 236 g/mol. The van der Waals surface area contributed by atoms with E-state index in [9.17, 15) is 9.90 Å². The number of aliphatic hydroxyl groups is 1. The van der Waals surface area contributed by atoms with Gasteiger partial charge in [-0.15, -0.1) is 0 Å². The van der Waals surface area contributed by atoms with E-state index in [1.54, 1.807) is 18.2 Å². The Morgan fingerprint density at radius 3 is 2.94 bits per heavy atom. The molecule has 1 heterocycles. The summed E-state index contributed by atoms with van der Waals surface area (Å²) in [6.07, 6.45) is 0.378. The van der Waals surface area contributed by atoms with Gasteiger partial charge in [0.05, 0.1) is 24.5 Å². The maximum absolute atomic E-state index is 11.7. The Labute approximate surface area is 99.8 Å². The van der Waals surface area contributed by atoms with Crippen LogP contribution in [0.15, 0.2) is 18.2 Å². The van der Waals surface area contributed by atoms with Crippen molar-refractivity contribution < 1.29 is 14.6 Å². The number of carbonyl (C=O) groups is 1. The number of nitrogens with two attached hydrogens (primary N) is 1. The van der Waals surface area contributed by atoms with Crippen molar-refractivity contribution in [3.8, 4) is 0 Å². The zero-order valence-electron chi connectivity index (χ0n) is 9.72. The molecule has 1 aliphatic rings. The minimum absolute atomic E-state index is 0.335. The number of anilines is 2. The molecular formula is C12H16N2O3. The van der Waals surface area contributed by atoms with Crippen molar-refractivity contribution >= 4 is 17.3 Å². The molecule has 1 fully saturated rings. The zero-order valence-corrected chi connectivity index (χ0v) is 9.72. The van der Waals surface area contributed by atoms with Crippen LogP contribution in [0.1, 0.15) is 16.8 Å². The van der Waals surface area contributed by atoms with E-state index in [2.05, 4.69) is 0 Å². The van der Waals surface area contributed by atoms with E-state index in [-0.39, 0.29) is 6.10 Å². The molecule has 0 radical (unpaired) electrons. The molecule has 1 unspecified atom stereocenters. The van der Waals surface area contributed by atoms with E-state index in [4.69, 9.17) is 10.5 Å². The SMILES string of the molecule is COC(=O)c1cc(N)ccc1N1CCC(O)C1. The van der Waals surface area contributed by atoms with Crippen molar-refractivity contribution in [1.82, 2.24) is 0 Å². The fourth-order valence-electron chi connectivity index (χ4n) is 2.06. The topological polar surface area (TPSA) is 75.8 Å². The molecule has 1 aromatic carbocycles. The van der Waals surface area contributed by atoms with Crippen molar-refractivity contribution in [1.29, 1.82) is 0 Å². The predicted molar refractivity (Wildman–Crippen MR) is 65.0 cm³/mol. The van der Waals surface area contributed by atoms with Gasteiger partial charge in [0.25, 0.3) is 0 Å². The molecule has 0 amide bonds. The van der Waals surface area contributed by atoms with Gasteiger partial charge >= 0.3 is 5.97 Å². The molecule has 5 heteroatoms. The van der Waals surface area contributed by atoms with Crippen molar-refractivity contribution in [3.05, 3.63) is 23.8 Å². The number of nitrogen functional groups attached to an aromatic ring is 1. The lowest BCUT2D eigenvalue weighted by molar-refractivity contribution is 0.0601. The highest BCUT2D eigenvalue weighted by atomic mass is 16.5. The van der Waals surface area contributed by atoms with Crippen LogP contribution in [-0.2, 0) is 4.74 Å². The van der Waals surface area contributed by atoms with E-state index in [0.717, 1.165) is 12.2 Å². The second-order valence-electron chi connectivity index (χ2n) is 4.16. The number of methoxy groups -OCH3 is 1. The Balaban J connectivity index is 2.35. The Hall–Kier alpha value is -1.75. The summed E-state index contributed by atoms with van der Waals surface area (Å²) in [5, 5.41) is 9.52. The fourth-order valence-corrected chi connectivity index (χ4v) is 2.06. The molecule has 0 aromatic heterocycles. The molecular weight excluding hydrogens is 220 g/mol. The first-order valence-electron chi connectivity index (χ1n) is 5.52. The molecule has 0 aliphatic carbocycles. The van der Waals surface area contributed by atoms with Gasteiger partial charge in [0, 0.05) is 18.8 Å². The molecule has 92 valence electrons. The number of rotatable bonds is 2. The van der Waals surface area contributed by atoms with Crippen LogP contribution in [0.5, 0.6) is 0 Å². The minimum atomic E-state index is -0.409. The second-order valence-corrected chi connectivity index (χ2v) is 4.16. The van der Waals surface area contributed by atoms with Crippen molar-refractivity contribution in [3.63, 3.8) is 0 Å². The van der Waals surface area contributed by atoms with Gasteiger partial charge in [-0.25, -0.2) is 4.79 Å². The van der Waals surface area contributed by atoms with Gasteiger partial charge in [-0.2, -0.15) is 0 Å². The molecule has 1 atom stereocenters. The van der Waals surface area contributed by atoms with Gasteiger partial charge < -0.3 is 20.5 Å².